The summed E-state index contributed by atoms with van der Waals surface area (Å²) in [5.41, 5.74) is 6.71. The van der Waals surface area contributed by atoms with Gasteiger partial charge in [0, 0.05) is 40.3 Å². The molecule has 144 valence electrons. The van der Waals surface area contributed by atoms with Gasteiger partial charge in [-0.2, -0.15) is 0 Å². The van der Waals surface area contributed by atoms with E-state index in [0.29, 0.717) is 5.92 Å². The number of fused-ring (bicyclic) bond motifs is 4. The smallest absolute Gasteiger partial charge is 0.0786 e. The van der Waals surface area contributed by atoms with Gasteiger partial charge in [0.05, 0.1) is 5.69 Å². The molecule has 0 N–H and O–H groups in total. The second kappa shape index (κ2) is 6.13. The third kappa shape index (κ3) is 2.41. The molecule has 29 heavy (non-hydrogen) atoms. The van der Waals surface area contributed by atoms with Gasteiger partial charge in [-0.05, 0) is 58.4 Å². The zero-order valence-electron chi connectivity index (χ0n) is 17.2. The summed E-state index contributed by atoms with van der Waals surface area (Å²) >= 11 is 0. The standard InChI is InChI=1S/C27H26N2/c1-27(2)23-15-20(17-6-4-3-5-7-17)14-18-10-13-29-26(24(18)23)22-9-8-19-16-28-12-11-21(19)25(22)27/h8-17H,3-7H2,1-2H3. The summed E-state index contributed by atoms with van der Waals surface area (Å²) in [6.45, 7) is 4.78. The molecule has 6 rings (SSSR count). The molecular formula is C27H26N2. The molecule has 0 atom stereocenters. The van der Waals surface area contributed by atoms with Crippen molar-refractivity contribution in [1.82, 2.24) is 9.97 Å². The van der Waals surface area contributed by atoms with E-state index in [1.807, 2.05) is 18.6 Å². The fourth-order valence-electron chi connectivity index (χ4n) is 5.88. The van der Waals surface area contributed by atoms with Crippen molar-refractivity contribution in [2.24, 2.45) is 0 Å². The quantitative estimate of drug-likeness (QED) is 0.352. The van der Waals surface area contributed by atoms with E-state index in [2.05, 4.69) is 55.2 Å². The lowest BCUT2D eigenvalue weighted by Gasteiger charge is -2.36. The molecule has 2 aliphatic rings. The lowest BCUT2D eigenvalue weighted by Crippen LogP contribution is -2.25. The molecule has 0 amide bonds. The van der Waals surface area contributed by atoms with Gasteiger partial charge in [-0.25, -0.2) is 0 Å². The largest absolute Gasteiger partial charge is 0.264 e. The van der Waals surface area contributed by atoms with E-state index in [1.54, 1.807) is 0 Å². The summed E-state index contributed by atoms with van der Waals surface area (Å²) in [4.78, 5) is 9.23. The number of nitrogens with zero attached hydrogens (tertiary/aromatic N) is 2. The summed E-state index contributed by atoms with van der Waals surface area (Å²) in [5, 5.41) is 5.20. The van der Waals surface area contributed by atoms with Crippen LogP contribution in [-0.2, 0) is 5.41 Å². The van der Waals surface area contributed by atoms with Crippen LogP contribution in [0.2, 0.25) is 0 Å². The van der Waals surface area contributed by atoms with Crippen LogP contribution in [0.4, 0.5) is 0 Å². The summed E-state index contributed by atoms with van der Waals surface area (Å²) in [5.74, 6) is 0.704. The van der Waals surface area contributed by atoms with E-state index in [9.17, 15) is 0 Å². The van der Waals surface area contributed by atoms with Crippen molar-refractivity contribution in [2.45, 2.75) is 57.3 Å². The minimum absolute atomic E-state index is 0.0742. The van der Waals surface area contributed by atoms with Gasteiger partial charge in [0.2, 0.25) is 0 Å². The Morgan fingerprint density at radius 3 is 2.62 bits per heavy atom. The van der Waals surface area contributed by atoms with Gasteiger partial charge in [-0.1, -0.05) is 57.4 Å². The molecule has 0 saturated heterocycles. The SMILES string of the molecule is CC1(C)c2c(ccc3cnccc23)-c2nccc3cc(C4CCCCC4)cc1c23. The molecule has 0 bridgehead atoms. The molecule has 2 aromatic carbocycles. The predicted molar refractivity (Wildman–Crippen MR) is 120 cm³/mol. The average molecular weight is 379 g/mol. The van der Waals surface area contributed by atoms with Crippen molar-refractivity contribution < 1.29 is 0 Å². The monoisotopic (exact) mass is 378 g/mol. The molecule has 4 aromatic rings. The first-order valence-corrected chi connectivity index (χ1v) is 11.0. The maximum atomic E-state index is 4.88. The minimum Gasteiger partial charge on any atom is -0.264 e. The highest BCUT2D eigenvalue weighted by Crippen LogP contribution is 2.51. The van der Waals surface area contributed by atoms with Crippen molar-refractivity contribution in [3.8, 4) is 11.3 Å². The second-order valence-electron chi connectivity index (χ2n) is 9.37. The van der Waals surface area contributed by atoms with Gasteiger partial charge in [0.15, 0.2) is 0 Å². The van der Waals surface area contributed by atoms with Crippen LogP contribution in [0.3, 0.4) is 0 Å². The van der Waals surface area contributed by atoms with Crippen molar-refractivity contribution >= 4 is 21.5 Å². The van der Waals surface area contributed by atoms with Crippen LogP contribution in [0.1, 0.15) is 68.6 Å². The lowest BCUT2D eigenvalue weighted by atomic mass is 9.67. The summed E-state index contributed by atoms with van der Waals surface area (Å²) in [7, 11) is 0. The average Bonchev–Trinajstić information content (AvgIpc) is 2.77. The fraction of sp³-hybridized carbons (Fsp3) is 0.333. The number of pyridine rings is 2. The Bertz CT molecular complexity index is 1260. The summed E-state index contributed by atoms with van der Waals surface area (Å²) in [6.07, 6.45) is 12.7. The van der Waals surface area contributed by atoms with Crippen molar-refractivity contribution in [1.29, 1.82) is 0 Å². The van der Waals surface area contributed by atoms with Crippen LogP contribution in [-0.4, -0.2) is 9.97 Å². The summed E-state index contributed by atoms with van der Waals surface area (Å²) < 4.78 is 0. The second-order valence-corrected chi connectivity index (χ2v) is 9.37. The highest BCUT2D eigenvalue weighted by molar-refractivity contribution is 6.05. The van der Waals surface area contributed by atoms with Gasteiger partial charge in [-0.3, -0.25) is 9.97 Å². The van der Waals surface area contributed by atoms with Crippen molar-refractivity contribution in [3.63, 3.8) is 0 Å². The van der Waals surface area contributed by atoms with Crippen LogP contribution in [0, 0.1) is 0 Å². The van der Waals surface area contributed by atoms with Gasteiger partial charge in [0.25, 0.3) is 0 Å². The maximum absolute atomic E-state index is 4.88. The molecule has 2 nitrogen and oxygen atoms in total. The van der Waals surface area contributed by atoms with E-state index < -0.39 is 0 Å². The molecule has 0 spiro atoms. The van der Waals surface area contributed by atoms with Gasteiger partial charge in [0.1, 0.15) is 0 Å². The Morgan fingerprint density at radius 2 is 1.76 bits per heavy atom. The van der Waals surface area contributed by atoms with Crippen molar-refractivity contribution in [3.05, 3.63) is 71.7 Å². The Hall–Kier alpha value is -2.74. The Labute approximate surface area is 172 Å². The van der Waals surface area contributed by atoms with Crippen LogP contribution < -0.4 is 0 Å². The molecule has 2 aliphatic carbocycles. The first kappa shape index (κ1) is 17.1. The third-order valence-corrected chi connectivity index (χ3v) is 7.34. The van der Waals surface area contributed by atoms with E-state index >= 15 is 0 Å². The van der Waals surface area contributed by atoms with E-state index in [4.69, 9.17) is 4.98 Å². The Kier molecular flexibility index (Phi) is 3.62. The van der Waals surface area contributed by atoms with Crippen LogP contribution in [0.5, 0.6) is 0 Å². The van der Waals surface area contributed by atoms with Gasteiger partial charge >= 0.3 is 0 Å². The number of hydrogen-bond donors (Lipinski definition) is 0. The molecule has 2 heterocycles. The highest BCUT2D eigenvalue weighted by atomic mass is 14.7. The molecule has 1 saturated carbocycles. The van der Waals surface area contributed by atoms with E-state index in [1.165, 1.54) is 75.9 Å². The van der Waals surface area contributed by atoms with Crippen LogP contribution in [0.25, 0.3) is 32.8 Å². The number of rotatable bonds is 1. The molecule has 2 aromatic heterocycles. The third-order valence-electron chi connectivity index (χ3n) is 7.34. The predicted octanol–water partition coefficient (Wildman–Crippen LogP) is 7.14. The van der Waals surface area contributed by atoms with Crippen molar-refractivity contribution in [2.75, 3.05) is 0 Å². The van der Waals surface area contributed by atoms with Gasteiger partial charge in [-0.15, -0.1) is 0 Å². The molecule has 0 unspecified atom stereocenters. The Morgan fingerprint density at radius 1 is 0.897 bits per heavy atom. The molecule has 0 aliphatic heterocycles. The molecule has 1 fully saturated rings. The topological polar surface area (TPSA) is 25.8 Å². The number of hydrogen-bond acceptors (Lipinski definition) is 2. The molecular weight excluding hydrogens is 352 g/mol. The minimum atomic E-state index is -0.0742. The maximum Gasteiger partial charge on any atom is 0.0786 e. The zero-order chi connectivity index (χ0) is 19.6. The highest BCUT2D eigenvalue weighted by Gasteiger charge is 2.36. The van der Waals surface area contributed by atoms with E-state index in [-0.39, 0.29) is 5.41 Å². The lowest BCUT2D eigenvalue weighted by molar-refractivity contribution is 0.443. The first-order valence-electron chi connectivity index (χ1n) is 11.0. The number of aromatic nitrogens is 2. The number of benzene rings is 2. The van der Waals surface area contributed by atoms with Crippen LogP contribution >= 0.6 is 0 Å². The fourth-order valence-corrected chi connectivity index (χ4v) is 5.88. The van der Waals surface area contributed by atoms with Crippen LogP contribution in [0.15, 0.2) is 55.0 Å². The molecule has 2 heteroatoms. The first-order chi connectivity index (χ1) is 14.1. The van der Waals surface area contributed by atoms with E-state index in [0.717, 1.165) is 5.69 Å². The zero-order valence-corrected chi connectivity index (χ0v) is 17.2. The molecule has 0 radical (unpaired) electrons. The van der Waals surface area contributed by atoms with Gasteiger partial charge < -0.3 is 0 Å². The Balaban J connectivity index is 1.70. The summed E-state index contributed by atoms with van der Waals surface area (Å²) in [6, 6.07) is 13.8. The normalized spacial score (nSPS) is 18.1.